The zero-order valence-corrected chi connectivity index (χ0v) is 18.4. The molecule has 1 aromatic heterocycles. The van der Waals surface area contributed by atoms with Crippen LogP contribution in [-0.4, -0.2) is 49.7 Å². The summed E-state index contributed by atoms with van der Waals surface area (Å²) >= 11 is 0. The number of methoxy groups -OCH3 is 1. The van der Waals surface area contributed by atoms with E-state index >= 15 is 0 Å². The molecule has 0 spiro atoms. The van der Waals surface area contributed by atoms with E-state index in [1.807, 2.05) is 70.5 Å². The molecule has 3 rings (SSSR count). The molecule has 0 fully saturated rings. The van der Waals surface area contributed by atoms with Gasteiger partial charge in [0.25, 0.3) is 5.91 Å². The molecule has 0 aliphatic rings. The van der Waals surface area contributed by atoms with Crippen LogP contribution in [0.25, 0.3) is 10.9 Å². The molecular weight excluding hydrogens is 378 g/mol. The number of amides is 1. The maximum atomic E-state index is 13.1. The highest BCUT2D eigenvalue weighted by molar-refractivity contribution is 6.07. The SMILES string of the molecule is CCOc1ccc([C@H](C)NC(=O)c2cn(CCN(C)C)c3ccccc23)cc1OC. The highest BCUT2D eigenvalue weighted by Crippen LogP contribution is 2.30. The lowest BCUT2D eigenvalue weighted by molar-refractivity contribution is 0.0941. The molecule has 0 unspecified atom stereocenters. The summed E-state index contributed by atoms with van der Waals surface area (Å²) in [6.07, 6.45) is 1.95. The third-order valence-electron chi connectivity index (χ3n) is 5.16. The van der Waals surface area contributed by atoms with Gasteiger partial charge < -0.3 is 24.3 Å². The Morgan fingerprint density at radius 1 is 1.17 bits per heavy atom. The Kier molecular flexibility index (Phi) is 7.00. The summed E-state index contributed by atoms with van der Waals surface area (Å²) < 4.78 is 13.2. The summed E-state index contributed by atoms with van der Waals surface area (Å²) in [7, 11) is 5.71. The second-order valence-corrected chi connectivity index (χ2v) is 7.60. The molecule has 1 amide bonds. The fourth-order valence-corrected chi connectivity index (χ4v) is 3.51. The number of aromatic nitrogens is 1. The van der Waals surface area contributed by atoms with E-state index in [-0.39, 0.29) is 11.9 Å². The van der Waals surface area contributed by atoms with Crippen LogP contribution in [-0.2, 0) is 6.54 Å². The molecule has 1 atom stereocenters. The zero-order chi connectivity index (χ0) is 21.7. The van der Waals surface area contributed by atoms with E-state index in [1.165, 1.54) is 0 Å². The number of carbonyl (C=O) groups is 1. The molecule has 2 aromatic carbocycles. The topological polar surface area (TPSA) is 55.7 Å². The fraction of sp³-hybridized carbons (Fsp3) is 0.375. The van der Waals surface area contributed by atoms with Crippen LogP contribution in [0.3, 0.4) is 0 Å². The molecule has 6 nitrogen and oxygen atoms in total. The molecule has 0 radical (unpaired) electrons. The summed E-state index contributed by atoms with van der Waals surface area (Å²) in [6, 6.07) is 13.6. The standard InChI is InChI=1S/C24H31N3O3/c1-6-30-22-12-11-18(15-23(22)29-5)17(2)25-24(28)20-16-27(14-13-26(3)4)21-10-8-7-9-19(20)21/h7-12,15-17H,6,13-14H2,1-5H3,(H,25,28)/t17-/m0/s1. The Bertz CT molecular complexity index is 1010. The van der Waals surface area contributed by atoms with E-state index in [0.717, 1.165) is 29.6 Å². The van der Waals surface area contributed by atoms with Crippen molar-refractivity contribution in [3.05, 3.63) is 59.8 Å². The minimum absolute atomic E-state index is 0.0878. The number of rotatable bonds is 9. The van der Waals surface area contributed by atoms with Crippen molar-refractivity contribution in [1.82, 2.24) is 14.8 Å². The first-order chi connectivity index (χ1) is 14.4. The second kappa shape index (κ2) is 9.67. The van der Waals surface area contributed by atoms with Gasteiger partial charge in [0.2, 0.25) is 0 Å². The van der Waals surface area contributed by atoms with Crippen molar-refractivity contribution in [3.8, 4) is 11.5 Å². The van der Waals surface area contributed by atoms with Crippen molar-refractivity contribution in [2.45, 2.75) is 26.4 Å². The highest BCUT2D eigenvalue weighted by Gasteiger charge is 2.18. The van der Waals surface area contributed by atoms with Crippen molar-refractivity contribution in [3.63, 3.8) is 0 Å². The molecule has 0 aliphatic heterocycles. The normalized spacial score (nSPS) is 12.2. The molecular formula is C24H31N3O3. The van der Waals surface area contributed by atoms with Crippen LogP contribution in [0, 0.1) is 0 Å². The third kappa shape index (κ3) is 4.76. The number of benzene rings is 2. The molecule has 1 N–H and O–H groups in total. The summed E-state index contributed by atoms with van der Waals surface area (Å²) in [5, 5.41) is 4.09. The Labute approximate surface area is 178 Å². The van der Waals surface area contributed by atoms with E-state index in [0.29, 0.717) is 23.7 Å². The minimum atomic E-state index is -0.175. The molecule has 3 aromatic rings. The van der Waals surface area contributed by atoms with Gasteiger partial charge in [-0.25, -0.2) is 0 Å². The van der Waals surface area contributed by atoms with Gasteiger partial charge in [0.05, 0.1) is 25.3 Å². The molecule has 30 heavy (non-hydrogen) atoms. The number of para-hydroxylation sites is 1. The van der Waals surface area contributed by atoms with Gasteiger partial charge in [-0.15, -0.1) is 0 Å². The van der Waals surface area contributed by atoms with E-state index in [2.05, 4.69) is 20.9 Å². The first-order valence-corrected chi connectivity index (χ1v) is 10.3. The van der Waals surface area contributed by atoms with Crippen molar-refractivity contribution in [2.75, 3.05) is 34.4 Å². The lowest BCUT2D eigenvalue weighted by Crippen LogP contribution is -2.26. The molecule has 6 heteroatoms. The highest BCUT2D eigenvalue weighted by atomic mass is 16.5. The molecule has 0 saturated carbocycles. The largest absolute Gasteiger partial charge is 0.493 e. The average molecular weight is 410 g/mol. The third-order valence-corrected chi connectivity index (χ3v) is 5.16. The molecule has 160 valence electrons. The zero-order valence-electron chi connectivity index (χ0n) is 18.4. The average Bonchev–Trinajstić information content (AvgIpc) is 3.11. The molecule has 0 saturated heterocycles. The number of carbonyl (C=O) groups excluding carboxylic acids is 1. The number of likely N-dealkylation sites (N-methyl/N-ethyl adjacent to an activating group) is 1. The minimum Gasteiger partial charge on any atom is -0.493 e. The van der Waals surface area contributed by atoms with Gasteiger partial charge in [-0.1, -0.05) is 24.3 Å². The summed E-state index contributed by atoms with van der Waals surface area (Å²) in [6.45, 7) is 6.21. The summed E-state index contributed by atoms with van der Waals surface area (Å²) in [5.74, 6) is 1.28. The van der Waals surface area contributed by atoms with Crippen LogP contribution in [0.15, 0.2) is 48.7 Å². The Balaban J connectivity index is 1.83. The first-order valence-electron chi connectivity index (χ1n) is 10.3. The van der Waals surface area contributed by atoms with Crippen LogP contribution in [0.4, 0.5) is 0 Å². The van der Waals surface area contributed by atoms with Crippen LogP contribution < -0.4 is 14.8 Å². The van der Waals surface area contributed by atoms with Gasteiger partial charge in [-0.3, -0.25) is 4.79 Å². The predicted molar refractivity (Wildman–Crippen MR) is 121 cm³/mol. The first kappa shape index (κ1) is 21.7. The van der Waals surface area contributed by atoms with Crippen molar-refractivity contribution >= 4 is 16.8 Å². The van der Waals surface area contributed by atoms with Crippen molar-refractivity contribution in [1.29, 1.82) is 0 Å². The van der Waals surface area contributed by atoms with Gasteiger partial charge in [0.15, 0.2) is 11.5 Å². The number of nitrogens with one attached hydrogen (secondary N) is 1. The van der Waals surface area contributed by atoms with E-state index in [4.69, 9.17) is 9.47 Å². The molecule has 0 bridgehead atoms. The number of hydrogen-bond acceptors (Lipinski definition) is 4. The number of nitrogens with zero attached hydrogens (tertiary/aromatic N) is 2. The van der Waals surface area contributed by atoms with Gasteiger partial charge in [-0.05, 0) is 51.7 Å². The number of fused-ring (bicyclic) bond motifs is 1. The Hall–Kier alpha value is -2.99. The van der Waals surface area contributed by atoms with Gasteiger partial charge in [0, 0.05) is 30.2 Å². The van der Waals surface area contributed by atoms with E-state index < -0.39 is 0 Å². The quantitative estimate of drug-likeness (QED) is 0.578. The lowest BCUT2D eigenvalue weighted by atomic mass is 10.1. The van der Waals surface area contributed by atoms with Crippen LogP contribution in [0.2, 0.25) is 0 Å². The summed E-state index contributed by atoms with van der Waals surface area (Å²) in [5.41, 5.74) is 2.72. The maximum absolute atomic E-state index is 13.1. The van der Waals surface area contributed by atoms with Gasteiger partial charge >= 0.3 is 0 Å². The maximum Gasteiger partial charge on any atom is 0.253 e. The second-order valence-electron chi connectivity index (χ2n) is 7.60. The van der Waals surface area contributed by atoms with Crippen molar-refractivity contribution in [2.24, 2.45) is 0 Å². The van der Waals surface area contributed by atoms with Gasteiger partial charge in [0.1, 0.15) is 0 Å². The lowest BCUT2D eigenvalue weighted by Gasteiger charge is -2.17. The number of hydrogen-bond donors (Lipinski definition) is 1. The van der Waals surface area contributed by atoms with Crippen LogP contribution in [0.1, 0.15) is 35.8 Å². The van der Waals surface area contributed by atoms with Crippen LogP contribution in [0.5, 0.6) is 11.5 Å². The summed E-state index contributed by atoms with van der Waals surface area (Å²) in [4.78, 5) is 15.3. The smallest absolute Gasteiger partial charge is 0.253 e. The van der Waals surface area contributed by atoms with E-state index in [9.17, 15) is 4.79 Å². The monoisotopic (exact) mass is 409 g/mol. The molecule has 1 heterocycles. The predicted octanol–water partition coefficient (Wildman–Crippen LogP) is 4.10. The van der Waals surface area contributed by atoms with E-state index in [1.54, 1.807) is 7.11 Å². The number of ether oxygens (including phenoxy) is 2. The van der Waals surface area contributed by atoms with Crippen molar-refractivity contribution < 1.29 is 14.3 Å². The Morgan fingerprint density at radius 3 is 2.63 bits per heavy atom. The fourth-order valence-electron chi connectivity index (χ4n) is 3.51. The van der Waals surface area contributed by atoms with Crippen LogP contribution >= 0.6 is 0 Å². The Morgan fingerprint density at radius 2 is 1.93 bits per heavy atom. The van der Waals surface area contributed by atoms with Gasteiger partial charge in [-0.2, -0.15) is 0 Å². The molecule has 0 aliphatic carbocycles.